The van der Waals surface area contributed by atoms with Crippen LogP contribution in [0, 0.1) is 0 Å². The number of hydrogen-bond donors (Lipinski definition) is 0. The van der Waals surface area contributed by atoms with Crippen LogP contribution < -0.4 is 0 Å². The van der Waals surface area contributed by atoms with Crippen molar-refractivity contribution in [1.29, 1.82) is 0 Å². The summed E-state index contributed by atoms with van der Waals surface area (Å²) in [5, 5.41) is 0. The number of rotatable bonds is 6. The number of hydrogen-bond acceptors (Lipinski definition) is 1. The predicted octanol–water partition coefficient (Wildman–Crippen LogP) is 3.04. The second-order valence-corrected chi connectivity index (χ2v) is 2.54. The van der Waals surface area contributed by atoms with Gasteiger partial charge < -0.3 is 0 Å². The normalized spacial score (nSPS) is 11.1. The summed E-state index contributed by atoms with van der Waals surface area (Å²) in [5.74, 6) is 0.306. The summed E-state index contributed by atoms with van der Waals surface area (Å²) in [6, 6.07) is 0. The Morgan fingerprint density at radius 2 is 2.08 bits per heavy atom. The van der Waals surface area contributed by atoms with Crippen molar-refractivity contribution in [1.82, 2.24) is 0 Å². The first-order valence-electron chi connectivity index (χ1n) is 4.27. The van der Waals surface area contributed by atoms with E-state index in [4.69, 9.17) is 0 Å². The summed E-state index contributed by atoms with van der Waals surface area (Å²) in [7, 11) is 0. The molecule has 0 atom stereocenters. The minimum absolute atomic E-state index is 0.306. The maximum absolute atomic E-state index is 11.0. The molecule has 0 aromatic rings. The van der Waals surface area contributed by atoms with Crippen LogP contribution >= 0.6 is 0 Å². The Kier molecular flexibility index (Phi) is 7.25. The Morgan fingerprint density at radius 3 is 2.67 bits per heavy atom. The smallest absolute Gasteiger partial charge is 0.136 e. The molecule has 66 valence electrons. The zero-order valence-corrected chi connectivity index (χ0v) is 7.62. The first-order chi connectivity index (χ1) is 5.81. The topological polar surface area (TPSA) is 17.1 Å². The van der Waals surface area contributed by atoms with Crippen LogP contribution in [0.25, 0.3) is 0 Å². The van der Waals surface area contributed by atoms with Crippen LogP contribution in [0.3, 0.4) is 0 Å². The number of carbonyl (C=O) groups excluding carboxylic acids is 1. The minimum atomic E-state index is 0.306. The third-order valence-corrected chi connectivity index (χ3v) is 1.37. The molecule has 0 saturated heterocycles. The monoisotopic (exact) mass is 164 g/mol. The van der Waals surface area contributed by atoms with E-state index in [0.717, 1.165) is 6.42 Å². The summed E-state index contributed by atoms with van der Waals surface area (Å²) in [6.45, 7) is 5.55. The van der Waals surface area contributed by atoms with Crippen molar-refractivity contribution < 1.29 is 4.79 Å². The molecule has 0 heterocycles. The van der Waals surface area contributed by atoms with Crippen molar-refractivity contribution in [2.75, 3.05) is 0 Å². The molecule has 0 rings (SSSR count). The third kappa shape index (κ3) is 7.00. The standard InChI is InChI=1S/C11H16O/c1-3-5-6-7-8-10-11(12)9-4-2/h3,5-8H,1,4,9-10H2,2H3/b6-5-,8-7-. The zero-order valence-electron chi connectivity index (χ0n) is 7.62. The van der Waals surface area contributed by atoms with Crippen LogP contribution in [-0.4, -0.2) is 5.78 Å². The van der Waals surface area contributed by atoms with Crippen molar-refractivity contribution in [3.05, 3.63) is 37.0 Å². The summed E-state index contributed by atoms with van der Waals surface area (Å²) >= 11 is 0. The van der Waals surface area contributed by atoms with E-state index in [1.165, 1.54) is 0 Å². The van der Waals surface area contributed by atoms with Gasteiger partial charge in [0.2, 0.25) is 0 Å². The highest BCUT2D eigenvalue weighted by Gasteiger charge is 1.94. The van der Waals surface area contributed by atoms with Gasteiger partial charge in [0, 0.05) is 12.8 Å². The van der Waals surface area contributed by atoms with E-state index in [2.05, 4.69) is 6.58 Å². The van der Waals surface area contributed by atoms with Gasteiger partial charge in [-0.15, -0.1) is 0 Å². The summed E-state index contributed by atoms with van der Waals surface area (Å²) in [6.07, 6.45) is 11.3. The second-order valence-electron chi connectivity index (χ2n) is 2.54. The van der Waals surface area contributed by atoms with Gasteiger partial charge in [0.1, 0.15) is 5.78 Å². The van der Waals surface area contributed by atoms with Crippen LogP contribution in [-0.2, 0) is 4.79 Å². The van der Waals surface area contributed by atoms with Crippen molar-refractivity contribution in [2.45, 2.75) is 26.2 Å². The molecule has 0 N–H and O–H groups in total. The molecular formula is C11H16O. The molecule has 0 bridgehead atoms. The maximum atomic E-state index is 11.0. The highest BCUT2D eigenvalue weighted by Crippen LogP contribution is 1.95. The molecule has 1 heteroatoms. The molecule has 1 nitrogen and oxygen atoms in total. The van der Waals surface area contributed by atoms with E-state index in [1.807, 2.05) is 31.2 Å². The SMILES string of the molecule is C=C/C=C\C=C/CC(=O)CCC. The van der Waals surface area contributed by atoms with E-state index in [0.29, 0.717) is 18.6 Å². The molecule has 0 aliphatic heterocycles. The Labute approximate surface area is 74.5 Å². The second kappa shape index (κ2) is 7.99. The lowest BCUT2D eigenvalue weighted by Crippen LogP contribution is -1.92. The van der Waals surface area contributed by atoms with E-state index in [9.17, 15) is 4.79 Å². The lowest BCUT2D eigenvalue weighted by molar-refractivity contribution is -0.118. The lowest BCUT2D eigenvalue weighted by atomic mass is 10.2. The summed E-state index contributed by atoms with van der Waals surface area (Å²) < 4.78 is 0. The predicted molar refractivity (Wildman–Crippen MR) is 53.0 cm³/mol. The molecule has 0 radical (unpaired) electrons. The average molecular weight is 164 g/mol. The largest absolute Gasteiger partial charge is 0.299 e. The molecule has 0 saturated carbocycles. The Hall–Kier alpha value is -1.11. The Bertz CT molecular complexity index is 187. The summed E-state index contributed by atoms with van der Waals surface area (Å²) in [5.41, 5.74) is 0. The van der Waals surface area contributed by atoms with Crippen LogP contribution in [0.15, 0.2) is 37.0 Å². The fraction of sp³-hybridized carbons (Fsp3) is 0.364. The molecule has 12 heavy (non-hydrogen) atoms. The Balaban J connectivity index is 3.52. The fourth-order valence-electron chi connectivity index (χ4n) is 0.802. The van der Waals surface area contributed by atoms with Crippen LogP contribution in [0.2, 0.25) is 0 Å². The maximum Gasteiger partial charge on any atom is 0.136 e. The van der Waals surface area contributed by atoms with Crippen molar-refractivity contribution in [2.24, 2.45) is 0 Å². The van der Waals surface area contributed by atoms with E-state index in [-0.39, 0.29) is 0 Å². The lowest BCUT2D eigenvalue weighted by Gasteiger charge is -1.90. The van der Waals surface area contributed by atoms with Gasteiger partial charge in [0.05, 0.1) is 0 Å². The molecule has 0 amide bonds. The van der Waals surface area contributed by atoms with Crippen LogP contribution in [0.4, 0.5) is 0 Å². The van der Waals surface area contributed by atoms with Crippen molar-refractivity contribution in [3.8, 4) is 0 Å². The van der Waals surface area contributed by atoms with Crippen LogP contribution in [0.1, 0.15) is 26.2 Å². The fourth-order valence-corrected chi connectivity index (χ4v) is 0.802. The van der Waals surface area contributed by atoms with Gasteiger partial charge in [-0.05, 0) is 6.42 Å². The van der Waals surface area contributed by atoms with Gasteiger partial charge in [-0.2, -0.15) is 0 Å². The number of ketones is 1. The molecule has 0 aromatic heterocycles. The molecule has 0 unspecified atom stereocenters. The molecule has 0 aliphatic carbocycles. The number of carbonyl (C=O) groups is 1. The molecule has 0 spiro atoms. The van der Waals surface area contributed by atoms with Gasteiger partial charge in [-0.3, -0.25) is 4.79 Å². The average Bonchev–Trinajstić information content (AvgIpc) is 2.05. The van der Waals surface area contributed by atoms with Gasteiger partial charge in [0.15, 0.2) is 0 Å². The van der Waals surface area contributed by atoms with Crippen molar-refractivity contribution >= 4 is 5.78 Å². The highest BCUT2D eigenvalue weighted by molar-refractivity contribution is 5.79. The molecule has 0 aromatic carbocycles. The highest BCUT2D eigenvalue weighted by atomic mass is 16.1. The Morgan fingerprint density at radius 1 is 1.33 bits per heavy atom. The van der Waals surface area contributed by atoms with Crippen LogP contribution in [0.5, 0.6) is 0 Å². The first kappa shape index (κ1) is 10.9. The number of allylic oxidation sites excluding steroid dienone is 5. The quantitative estimate of drug-likeness (QED) is 0.551. The number of Topliss-reactive ketones (excluding diaryl/α,β-unsaturated/α-hetero) is 1. The van der Waals surface area contributed by atoms with Gasteiger partial charge in [-0.1, -0.05) is 43.9 Å². The third-order valence-electron chi connectivity index (χ3n) is 1.37. The molecule has 0 fully saturated rings. The van der Waals surface area contributed by atoms with E-state index < -0.39 is 0 Å². The van der Waals surface area contributed by atoms with Gasteiger partial charge in [0.25, 0.3) is 0 Å². The van der Waals surface area contributed by atoms with E-state index >= 15 is 0 Å². The van der Waals surface area contributed by atoms with Crippen molar-refractivity contribution in [3.63, 3.8) is 0 Å². The summed E-state index contributed by atoms with van der Waals surface area (Å²) in [4.78, 5) is 11.0. The minimum Gasteiger partial charge on any atom is -0.299 e. The van der Waals surface area contributed by atoms with E-state index in [1.54, 1.807) is 6.08 Å². The zero-order chi connectivity index (χ0) is 9.23. The van der Waals surface area contributed by atoms with Gasteiger partial charge in [-0.25, -0.2) is 0 Å². The molecule has 0 aliphatic rings. The molecular weight excluding hydrogens is 148 g/mol. The van der Waals surface area contributed by atoms with Gasteiger partial charge >= 0.3 is 0 Å². The first-order valence-corrected chi connectivity index (χ1v) is 4.27.